The smallest absolute Gasteiger partial charge is 0.0945 e. The van der Waals surface area contributed by atoms with E-state index in [2.05, 4.69) is 20.8 Å². The van der Waals surface area contributed by atoms with Gasteiger partial charge >= 0.3 is 0 Å². The van der Waals surface area contributed by atoms with Gasteiger partial charge < -0.3 is 5.32 Å². The number of rotatable bonds is 4. The fourth-order valence-electron chi connectivity index (χ4n) is 1.63. The summed E-state index contributed by atoms with van der Waals surface area (Å²) in [6, 6.07) is 0. The predicted molar refractivity (Wildman–Crippen MR) is 73.9 cm³/mol. The number of thiazole rings is 1. The molecule has 6 heteroatoms. The Kier molecular flexibility index (Phi) is 5.11. The summed E-state index contributed by atoms with van der Waals surface area (Å²) in [5, 5.41) is 10.7. The maximum atomic E-state index is 4.62. The van der Waals surface area contributed by atoms with Crippen molar-refractivity contribution < 1.29 is 0 Å². The standard InChI is InChI=1S/C11H16N4S.ClH/c1-8-9(6-15(3)14-8)10-7-16-11(13-10)4-5-12-2;/h6-7,12H,4-5H2,1-3H3;1H. The highest BCUT2D eigenvalue weighted by Gasteiger charge is 2.09. The Bertz CT molecular complexity index is 478. The van der Waals surface area contributed by atoms with Crippen LogP contribution in [-0.2, 0) is 13.5 Å². The lowest BCUT2D eigenvalue weighted by atomic mass is 10.2. The number of likely N-dealkylation sites (N-methyl/N-ethyl adjacent to an activating group) is 1. The first-order valence-electron chi connectivity index (χ1n) is 5.30. The van der Waals surface area contributed by atoms with E-state index in [4.69, 9.17) is 0 Å². The number of hydrogen-bond acceptors (Lipinski definition) is 4. The molecule has 1 N–H and O–H groups in total. The number of hydrogen-bond donors (Lipinski definition) is 1. The lowest BCUT2D eigenvalue weighted by Crippen LogP contribution is -2.09. The van der Waals surface area contributed by atoms with Crippen molar-refractivity contribution in [2.24, 2.45) is 7.05 Å². The first-order chi connectivity index (χ1) is 7.70. The summed E-state index contributed by atoms with van der Waals surface area (Å²) >= 11 is 1.71. The van der Waals surface area contributed by atoms with Gasteiger partial charge in [0.15, 0.2) is 0 Å². The predicted octanol–water partition coefficient (Wildman–Crippen LogP) is 2.04. The fourth-order valence-corrected chi connectivity index (χ4v) is 2.43. The zero-order chi connectivity index (χ0) is 11.5. The molecule has 0 saturated heterocycles. The molecule has 2 aromatic heterocycles. The molecule has 17 heavy (non-hydrogen) atoms. The van der Waals surface area contributed by atoms with Crippen LogP contribution in [0.3, 0.4) is 0 Å². The molecule has 2 heterocycles. The van der Waals surface area contributed by atoms with Crippen LogP contribution in [0.1, 0.15) is 10.7 Å². The summed E-state index contributed by atoms with van der Waals surface area (Å²) in [6.45, 7) is 2.99. The van der Waals surface area contributed by atoms with Crippen molar-refractivity contribution in [2.75, 3.05) is 13.6 Å². The molecule has 0 atom stereocenters. The van der Waals surface area contributed by atoms with Crippen LogP contribution < -0.4 is 5.32 Å². The second-order valence-corrected chi connectivity index (χ2v) is 4.72. The largest absolute Gasteiger partial charge is 0.319 e. The maximum Gasteiger partial charge on any atom is 0.0945 e. The summed E-state index contributed by atoms with van der Waals surface area (Å²) in [7, 11) is 3.89. The monoisotopic (exact) mass is 272 g/mol. The Morgan fingerprint density at radius 1 is 1.47 bits per heavy atom. The number of nitrogens with one attached hydrogen (secondary N) is 1. The minimum absolute atomic E-state index is 0. The van der Waals surface area contributed by atoms with Gasteiger partial charge in [-0.2, -0.15) is 5.10 Å². The minimum Gasteiger partial charge on any atom is -0.319 e. The highest BCUT2D eigenvalue weighted by molar-refractivity contribution is 7.09. The van der Waals surface area contributed by atoms with Gasteiger partial charge in [0.2, 0.25) is 0 Å². The van der Waals surface area contributed by atoms with Crippen molar-refractivity contribution in [3.05, 3.63) is 22.3 Å². The molecule has 0 fully saturated rings. The third kappa shape index (κ3) is 3.28. The van der Waals surface area contributed by atoms with Crippen molar-refractivity contribution in [3.8, 4) is 11.3 Å². The quantitative estimate of drug-likeness (QED) is 0.926. The van der Waals surface area contributed by atoms with Crippen LogP contribution in [0.2, 0.25) is 0 Å². The van der Waals surface area contributed by atoms with Crippen LogP contribution in [0.15, 0.2) is 11.6 Å². The maximum absolute atomic E-state index is 4.62. The van der Waals surface area contributed by atoms with Crippen LogP contribution in [0, 0.1) is 6.92 Å². The van der Waals surface area contributed by atoms with E-state index in [0.717, 1.165) is 29.9 Å². The summed E-state index contributed by atoms with van der Waals surface area (Å²) in [5.74, 6) is 0. The van der Waals surface area contributed by atoms with Gasteiger partial charge in [0.25, 0.3) is 0 Å². The van der Waals surface area contributed by atoms with Gasteiger partial charge in [-0.3, -0.25) is 4.68 Å². The van der Waals surface area contributed by atoms with Gasteiger partial charge in [-0.05, 0) is 14.0 Å². The topological polar surface area (TPSA) is 42.7 Å². The molecule has 0 radical (unpaired) electrons. The summed E-state index contributed by atoms with van der Waals surface area (Å²) < 4.78 is 1.83. The zero-order valence-electron chi connectivity index (χ0n) is 10.2. The number of aryl methyl sites for hydroxylation is 2. The first-order valence-corrected chi connectivity index (χ1v) is 6.18. The van der Waals surface area contributed by atoms with Crippen molar-refractivity contribution >= 4 is 23.7 Å². The van der Waals surface area contributed by atoms with E-state index in [-0.39, 0.29) is 12.4 Å². The van der Waals surface area contributed by atoms with Gasteiger partial charge in [0.1, 0.15) is 0 Å². The highest BCUT2D eigenvalue weighted by atomic mass is 35.5. The molecular formula is C11H17ClN4S. The van der Waals surface area contributed by atoms with E-state index in [9.17, 15) is 0 Å². The number of nitrogens with zero attached hydrogens (tertiary/aromatic N) is 3. The number of halogens is 1. The molecule has 2 aromatic rings. The minimum atomic E-state index is 0. The van der Waals surface area contributed by atoms with E-state index < -0.39 is 0 Å². The van der Waals surface area contributed by atoms with Gasteiger partial charge in [0, 0.05) is 37.2 Å². The van der Waals surface area contributed by atoms with Crippen molar-refractivity contribution in [3.63, 3.8) is 0 Å². The Balaban J connectivity index is 0.00000144. The Labute approximate surface area is 111 Å². The van der Waals surface area contributed by atoms with Gasteiger partial charge in [-0.1, -0.05) is 0 Å². The van der Waals surface area contributed by atoms with Crippen LogP contribution in [-0.4, -0.2) is 28.4 Å². The zero-order valence-corrected chi connectivity index (χ0v) is 11.9. The molecule has 0 aliphatic rings. The third-order valence-electron chi connectivity index (χ3n) is 2.43. The molecule has 94 valence electrons. The van der Waals surface area contributed by atoms with Gasteiger partial charge in [-0.15, -0.1) is 23.7 Å². The molecule has 0 saturated carbocycles. The lowest BCUT2D eigenvalue weighted by Gasteiger charge is -1.94. The van der Waals surface area contributed by atoms with Crippen LogP contribution >= 0.6 is 23.7 Å². The molecule has 0 amide bonds. The van der Waals surface area contributed by atoms with Crippen LogP contribution in [0.5, 0.6) is 0 Å². The SMILES string of the molecule is CNCCc1nc(-c2cn(C)nc2C)cs1.Cl. The first kappa shape index (κ1) is 14.2. The van der Waals surface area contributed by atoms with Gasteiger partial charge in [0.05, 0.1) is 16.4 Å². The summed E-state index contributed by atoms with van der Waals surface area (Å²) in [5.41, 5.74) is 3.21. The van der Waals surface area contributed by atoms with E-state index in [0.29, 0.717) is 0 Å². The normalized spacial score (nSPS) is 10.3. The molecule has 4 nitrogen and oxygen atoms in total. The fraction of sp³-hybridized carbons (Fsp3) is 0.455. The molecular weight excluding hydrogens is 256 g/mol. The van der Waals surface area contributed by atoms with Gasteiger partial charge in [-0.25, -0.2) is 4.98 Å². The average molecular weight is 273 g/mol. The van der Waals surface area contributed by atoms with Crippen molar-refractivity contribution in [1.29, 1.82) is 0 Å². The summed E-state index contributed by atoms with van der Waals surface area (Å²) in [4.78, 5) is 4.62. The van der Waals surface area contributed by atoms with Crippen LogP contribution in [0.25, 0.3) is 11.3 Å². The molecule has 0 bridgehead atoms. The Morgan fingerprint density at radius 2 is 2.24 bits per heavy atom. The highest BCUT2D eigenvalue weighted by Crippen LogP contribution is 2.24. The average Bonchev–Trinajstić information content (AvgIpc) is 2.82. The second kappa shape index (κ2) is 6.14. The Hall–Kier alpha value is -0.910. The van der Waals surface area contributed by atoms with E-state index in [1.54, 1.807) is 11.3 Å². The third-order valence-corrected chi connectivity index (χ3v) is 3.34. The van der Waals surface area contributed by atoms with Crippen LogP contribution in [0.4, 0.5) is 0 Å². The van der Waals surface area contributed by atoms with E-state index >= 15 is 0 Å². The Morgan fingerprint density at radius 3 is 2.82 bits per heavy atom. The second-order valence-electron chi connectivity index (χ2n) is 3.78. The molecule has 0 spiro atoms. The molecule has 0 unspecified atom stereocenters. The van der Waals surface area contributed by atoms with E-state index in [1.165, 1.54) is 5.01 Å². The molecule has 0 aromatic carbocycles. The molecule has 2 rings (SSSR count). The number of aromatic nitrogens is 3. The lowest BCUT2D eigenvalue weighted by molar-refractivity contribution is 0.756. The van der Waals surface area contributed by atoms with Crippen molar-refractivity contribution in [2.45, 2.75) is 13.3 Å². The molecule has 0 aliphatic carbocycles. The molecule has 0 aliphatic heterocycles. The van der Waals surface area contributed by atoms with E-state index in [1.807, 2.05) is 31.9 Å². The summed E-state index contributed by atoms with van der Waals surface area (Å²) in [6.07, 6.45) is 3.01. The van der Waals surface area contributed by atoms with Crippen molar-refractivity contribution in [1.82, 2.24) is 20.1 Å².